The average molecular weight is 392 g/mol. The molecule has 0 unspecified atom stereocenters. The van der Waals surface area contributed by atoms with Gasteiger partial charge in [-0.15, -0.1) is 0 Å². The number of methoxy groups -OCH3 is 1. The smallest absolute Gasteiger partial charge is 0.379 e. The SMILES string of the molecule is COc1cccc(Oc2c(C)oc3cc(OC(=O)c4ccco4)ccc3c2=O)c1. The second-order valence-electron chi connectivity index (χ2n) is 6.12. The van der Waals surface area contributed by atoms with E-state index < -0.39 is 5.97 Å². The molecular weight excluding hydrogens is 376 g/mol. The first-order chi connectivity index (χ1) is 14.0. The topological polar surface area (TPSA) is 88.1 Å². The molecule has 0 aliphatic carbocycles. The molecule has 2 aromatic carbocycles. The molecule has 0 aliphatic rings. The summed E-state index contributed by atoms with van der Waals surface area (Å²) in [6.07, 6.45) is 1.38. The number of benzene rings is 2. The summed E-state index contributed by atoms with van der Waals surface area (Å²) >= 11 is 0. The van der Waals surface area contributed by atoms with Crippen LogP contribution >= 0.6 is 0 Å². The molecule has 0 atom stereocenters. The van der Waals surface area contributed by atoms with Gasteiger partial charge in [-0.05, 0) is 43.3 Å². The largest absolute Gasteiger partial charge is 0.497 e. The van der Waals surface area contributed by atoms with E-state index in [-0.39, 0.29) is 28.3 Å². The highest BCUT2D eigenvalue weighted by Crippen LogP contribution is 2.29. The molecule has 29 heavy (non-hydrogen) atoms. The Bertz CT molecular complexity index is 1240. The van der Waals surface area contributed by atoms with Gasteiger partial charge in [0, 0.05) is 12.1 Å². The minimum Gasteiger partial charge on any atom is -0.497 e. The fourth-order valence-corrected chi connectivity index (χ4v) is 2.78. The molecule has 4 rings (SSSR count). The predicted molar refractivity (Wildman–Crippen MR) is 104 cm³/mol. The van der Waals surface area contributed by atoms with Gasteiger partial charge in [0.15, 0.2) is 0 Å². The molecule has 0 aliphatic heterocycles. The number of carbonyl (C=O) groups excluding carboxylic acids is 1. The van der Waals surface area contributed by atoms with Gasteiger partial charge in [0.2, 0.25) is 16.9 Å². The van der Waals surface area contributed by atoms with E-state index in [9.17, 15) is 9.59 Å². The van der Waals surface area contributed by atoms with Crippen molar-refractivity contribution in [2.24, 2.45) is 0 Å². The van der Waals surface area contributed by atoms with E-state index in [4.69, 9.17) is 23.0 Å². The number of hydrogen-bond acceptors (Lipinski definition) is 7. The van der Waals surface area contributed by atoms with Gasteiger partial charge in [0.1, 0.15) is 28.6 Å². The zero-order valence-corrected chi connectivity index (χ0v) is 15.6. The summed E-state index contributed by atoms with van der Waals surface area (Å²) in [6.45, 7) is 1.62. The number of rotatable bonds is 5. The monoisotopic (exact) mass is 392 g/mol. The van der Waals surface area contributed by atoms with Gasteiger partial charge in [-0.25, -0.2) is 4.79 Å². The van der Waals surface area contributed by atoms with Gasteiger partial charge in [-0.2, -0.15) is 0 Å². The molecule has 0 bridgehead atoms. The van der Waals surface area contributed by atoms with E-state index in [0.717, 1.165) is 0 Å². The van der Waals surface area contributed by atoms with Crippen molar-refractivity contribution >= 4 is 16.9 Å². The summed E-state index contributed by atoms with van der Waals surface area (Å²) in [7, 11) is 1.55. The number of aryl methyl sites for hydroxylation is 1. The Labute approximate surface area is 165 Å². The maximum absolute atomic E-state index is 12.9. The van der Waals surface area contributed by atoms with Gasteiger partial charge < -0.3 is 23.0 Å². The Morgan fingerprint density at radius 1 is 0.966 bits per heavy atom. The van der Waals surface area contributed by atoms with Crippen LogP contribution in [-0.2, 0) is 0 Å². The van der Waals surface area contributed by atoms with Crippen LogP contribution in [0.3, 0.4) is 0 Å². The second-order valence-corrected chi connectivity index (χ2v) is 6.12. The van der Waals surface area contributed by atoms with Crippen molar-refractivity contribution in [3.63, 3.8) is 0 Å². The predicted octanol–water partition coefficient (Wildman–Crippen LogP) is 4.71. The Morgan fingerprint density at radius 3 is 2.55 bits per heavy atom. The Balaban J connectivity index is 1.66. The molecule has 0 saturated heterocycles. The summed E-state index contributed by atoms with van der Waals surface area (Å²) in [5.41, 5.74) is -0.0641. The number of hydrogen-bond donors (Lipinski definition) is 0. The molecule has 146 valence electrons. The van der Waals surface area contributed by atoms with Crippen LogP contribution in [0.5, 0.6) is 23.0 Å². The van der Waals surface area contributed by atoms with Crippen molar-refractivity contribution in [1.82, 2.24) is 0 Å². The molecule has 0 fully saturated rings. The average Bonchev–Trinajstić information content (AvgIpc) is 3.26. The molecule has 7 nitrogen and oxygen atoms in total. The van der Waals surface area contributed by atoms with Crippen molar-refractivity contribution in [2.75, 3.05) is 7.11 Å². The lowest BCUT2D eigenvalue weighted by molar-refractivity contribution is 0.0701. The van der Waals surface area contributed by atoms with Crippen molar-refractivity contribution in [2.45, 2.75) is 6.92 Å². The fourth-order valence-electron chi connectivity index (χ4n) is 2.78. The molecule has 0 radical (unpaired) electrons. The van der Waals surface area contributed by atoms with Crippen LogP contribution in [-0.4, -0.2) is 13.1 Å². The van der Waals surface area contributed by atoms with Crippen LogP contribution in [0.1, 0.15) is 16.3 Å². The first-order valence-electron chi connectivity index (χ1n) is 8.70. The zero-order chi connectivity index (χ0) is 20.4. The highest BCUT2D eigenvalue weighted by Gasteiger charge is 2.17. The van der Waals surface area contributed by atoms with Crippen LogP contribution in [0.2, 0.25) is 0 Å². The third-order valence-electron chi connectivity index (χ3n) is 4.18. The van der Waals surface area contributed by atoms with Crippen molar-refractivity contribution in [3.8, 4) is 23.0 Å². The minimum atomic E-state index is -0.647. The van der Waals surface area contributed by atoms with Gasteiger partial charge in [-0.3, -0.25) is 4.79 Å². The zero-order valence-electron chi connectivity index (χ0n) is 15.6. The van der Waals surface area contributed by atoms with Crippen molar-refractivity contribution in [3.05, 3.63) is 82.6 Å². The van der Waals surface area contributed by atoms with E-state index in [2.05, 4.69) is 0 Å². The molecule has 0 amide bonds. The highest BCUT2D eigenvalue weighted by atomic mass is 16.5. The second kappa shape index (κ2) is 7.55. The van der Waals surface area contributed by atoms with Crippen LogP contribution < -0.4 is 19.6 Å². The molecule has 0 saturated carbocycles. The summed E-state index contributed by atoms with van der Waals surface area (Å²) < 4.78 is 26.9. The first kappa shape index (κ1) is 18.4. The first-order valence-corrected chi connectivity index (χ1v) is 8.70. The number of furan rings is 1. The van der Waals surface area contributed by atoms with E-state index >= 15 is 0 Å². The van der Waals surface area contributed by atoms with Gasteiger partial charge in [0.25, 0.3) is 0 Å². The lowest BCUT2D eigenvalue weighted by Crippen LogP contribution is -2.09. The molecule has 0 N–H and O–H groups in total. The summed E-state index contributed by atoms with van der Waals surface area (Å²) in [5, 5.41) is 0.297. The molecular formula is C22H16O7. The van der Waals surface area contributed by atoms with Crippen molar-refractivity contribution < 1.29 is 27.8 Å². The van der Waals surface area contributed by atoms with Gasteiger partial charge in [-0.1, -0.05) is 6.07 Å². The Hall–Kier alpha value is -4.00. The number of carbonyl (C=O) groups is 1. The van der Waals surface area contributed by atoms with Gasteiger partial charge >= 0.3 is 5.97 Å². The summed E-state index contributed by atoms with van der Waals surface area (Å²) in [4.78, 5) is 24.9. The Kier molecular flexibility index (Phi) is 4.78. The molecule has 2 heterocycles. The fraction of sp³-hybridized carbons (Fsp3) is 0.0909. The number of esters is 1. The molecule has 7 heteroatoms. The van der Waals surface area contributed by atoms with E-state index in [1.54, 1.807) is 44.4 Å². The van der Waals surface area contributed by atoms with E-state index in [1.165, 1.54) is 30.5 Å². The lowest BCUT2D eigenvalue weighted by atomic mass is 10.2. The normalized spacial score (nSPS) is 10.7. The quantitative estimate of drug-likeness (QED) is 0.359. The van der Waals surface area contributed by atoms with Crippen LogP contribution in [0.25, 0.3) is 11.0 Å². The number of fused-ring (bicyclic) bond motifs is 1. The van der Waals surface area contributed by atoms with E-state index in [1.807, 2.05) is 0 Å². The third-order valence-corrected chi connectivity index (χ3v) is 4.18. The summed E-state index contributed by atoms with van der Waals surface area (Å²) in [5.74, 6) is 1.07. The number of ether oxygens (including phenoxy) is 3. The van der Waals surface area contributed by atoms with Crippen LogP contribution in [0.15, 0.2) is 74.5 Å². The minimum absolute atomic E-state index is 0.0739. The van der Waals surface area contributed by atoms with Gasteiger partial charge in [0.05, 0.1) is 18.8 Å². The Morgan fingerprint density at radius 2 is 1.79 bits per heavy atom. The molecule has 0 spiro atoms. The van der Waals surface area contributed by atoms with Crippen LogP contribution in [0.4, 0.5) is 0 Å². The highest BCUT2D eigenvalue weighted by molar-refractivity contribution is 5.89. The maximum Gasteiger partial charge on any atom is 0.379 e. The van der Waals surface area contributed by atoms with Crippen LogP contribution in [0, 0.1) is 6.92 Å². The standard InChI is InChI=1S/C22H16O7/c1-13-21(28-15-6-3-5-14(11-15)25-2)20(23)17-9-8-16(12-19(17)27-13)29-22(24)18-7-4-10-26-18/h3-12H,1-2H3. The molecule has 4 aromatic rings. The maximum atomic E-state index is 12.9. The summed E-state index contributed by atoms with van der Waals surface area (Å²) in [6, 6.07) is 14.5. The third kappa shape index (κ3) is 3.70. The lowest BCUT2D eigenvalue weighted by Gasteiger charge is -2.10. The molecule has 2 aromatic heterocycles. The van der Waals surface area contributed by atoms with E-state index in [0.29, 0.717) is 22.6 Å². The van der Waals surface area contributed by atoms with Crippen molar-refractivity contribution in [1.29, 1.82) is 0 Å².